The normalized spacial score (nSPS) is 12.2. The first-order valence-corrected chi connectivity index (χ1v) is 7.73. The topological polar surface area (TPSA) is 46.7 Å². The number of quaternary nitrogens is 1. The van der Waals surface area contributed by atoms with Gasteiger partial charge in [-0.2, -0.15) is 0 Å². The summed E-state index contributed by atoms with van der Waals surface area (Å²) in [6, 6.07) is 7.37. The molecule has 0 radical (unpaired) electrons. The average Bonchev–Trinajstić information content (AvgIpc) is 2.84. The van der Waals surface area contributed by atoms with Crippen LogP contribution >= 0.6 is 23.2 Å². The van der Waals surface area contributed by atoms with E-state index in [-0.39, 0.29) is 5.91 Å². The van der Waals surface area contributed by atoms with Crippen molar-refractivity contribution in [2.24, 2.45) is 0 Å². The van der Waals surface area contributed by atoms with Gasteiger partial charge in [0, 0.05) is 0 Å². The van der Waals surface area contributed by atoms with Crippen molar-refractivity contribution in [1.82, 2.24) is 0 Å². The lowest BCUT2D eigenvalue weighted by Gasteiger charge is -2.14. The highest BCUT2D eigenvalue weighted by Gasteiger charge is 2.16. The highest BCUT2D eigenvalue weighted by Crippen LogP contribution is 2.32. The standard InChI is InChI=1S/C16H18Cl2N2O2/c1-10-4-7-13(17)16(15(10)18)19-14(21)9-20(3)8-12-6-5-11(2)22-12/h4-7H,8-9H2,1-3H3,(H,19,21)/p+1. The predicted octanol–water partition coefficient (Wildman–Crippen LogP) is 2.86. The van der Waals surface area contributed by atoms with Crippen LogP contribution in [0.2, 0.25) is 10.0 Å². The van der Waals surface area contributed by atoms with Gasteiger partial charge in [-0.25, -0.2) is 0 Å². The molecular formula is C16H19Cl2N2O2+. The number of amides is 1. The van der Waals surface area contributed by atoms with Crippen molar-refractivity contribution in [3.63, 3.8) is 0 Å². The van der Waals surface area contributed by atoms with Crippen LogP contribution in [0.3, 0.4) is 0 Å². The molecule has 2 N–H and O–H groups in total. The number of aryl methyl sites for hydroxylation is 2. The highest BCUT2D eigenvalue weighted by molar-refractivity contribution is 6.40. The van der Waals surface area contributed by atoms with E-state index in [0.29, 0.717) is 28.8 Å². The molecule has 0 saturated heterocycles. The van der Waals surface area contributed by atoms with Gasteiger partial charge in [-0.15, -0.1) is 0 Å². The molecule has 1 unspecified atom stereocenters. The Hall–Kier alpha value is -1.49. The van der Waals surface area contributed by atoms with Crippen LogP contribution in [0.1, 0.15) is 17.1 Å². The second-order valence-electron chi connectivity index (χ2n) is 5.42. The molecule has 6 heteroatoms. The summed E-state index contributed by atoms with van der Waals surface area (Å²) in [6.45, 7) is 4.69. The number of carbonyl (C=O) groups is 1. The first-order valence-electron chi connectivity index (χ1n) is 6.98. The van der Waals surface area contributed by atoms with Gasteiger partial charge in [-0.1, -0.05) is 29.3 Å². The van der Waals surface area contributed by atoms with E-state index in [1.165, 1.54) is 0 Å². The summed E-state index contributed by atoms with van der Waals surface area (Å²) in [7, 11) is 1.93. The minimum atomic E-state index is -0.143. The van der Waals surface area contributed by atoms with Gasteiger partial charge in [0.15, 0.2) is 12.3 Å². The number of halogens is 2. The highest BCUT2D eigenvalue weighted by atomic mass is 35.5. The molecule has 0 bridgehead atoms. The molecule has 1 heterocycles. The molecule has 0 saturated carbocycles. The van der Waals surface area contributed by atoms with Crippen LogP contribution in [0, 0.1) is 13.8 Å². The first-order chi connectivity index (χ1) is 10.4. The van der Waals surface area contributed by atoms with E-state index in [9.17, 15) is 4.79 Å². The summed E-state index contributed by atoms with van der Waals surface area (Å²) in [6.07, 6.45) is 0. The van der Waals surface area contributed by atoms with Crippen molar-refractivity contribution in [3.05, 3.63) is 51.4 Å². The fraction of sp³-hybridized carbons (Fsp3) is 0.312. The minimum Gasteiger partial charge on any atom is -0.460 e. The monoisotopic (exact) mass is 341 g/mol. The average molecular weight is 342 g/mol. The molecule has 2 aromatic rings. The van der Waals surface area contributed by atoms with Crippen LogP contribution in [0.25, 0.3) is 0 Å². The zero-order valence-corrected chi connectivity index (χ0v) is 14.3. The van der Waals surface area contributed by atoms with E-state index in [4.69, 9.17) is 27.6 Å². The van der Waals surface area contributed by atoms with Gasteiger partial charge in [0.2, 0.25) is 0 Å². The fourth-order valence-corrected chi connectivity index (χ4v) is 2.63. The number of rotatable bonds is 5. The number of anilines is 1. The van der Waals surface area contributed by atoms with Gasteiger partial charge in [-0.3, -0.25) is 4.79 Å². The maximum Gasteiger partial charge on any atom is 0.279 e. The molecule has 0 aliphatic carbocycles. The van der Waals surface area contributed by atoms with Gasteiger partial charge in [0.25, 0.3) is 5.91 Å². The summed E-state index contributed by atoms with van der Waals surface area (Å²) in [5, 5.41) is 3.69. The lowest BCUT2D eigenvalue weighted by Crippen LogP contribution is -3.08. The van der Waals surface area contributed by atoms with E-state index in [0.717, 1.165) is 22.0 Å². The number of hydrogen-bond donors (Lipinski definition) is 2. The fourth-order valence-electron chi connectivity index (χ4n) is 2.17. The minimum absolute atomic E-state index is 0.143. The molecule has 2 rings (SSSR count). The lowest BCUT2D eigenvalue weighted by atomic mass is 10.2. The van der Waals surface area contributed by atoms with E-state index >= 15 is 0 Å². The molecule has 1 amide bonds. The van der Waals surface area contributed by atoms with Crippen LogP contribution in [0.15, 0.2) is 28.7 Å². The third kappa shape index (κ3) is 4.26. The Kier molecular flexibility index (Phi) is 5.51. The largest absolute Gasteiger partial charge is 0.460 e. The number of nitrogens with one attached hydrogen (secondary N) is 2. The molecule has 1 aromatic heterocycles. The maximum atomic E-state index is 12.2. The number of benzene rings is 1. The van der Waals surface area contributed by atoms with Crippen LogP contribution in [0.5, 0.6) is 0 Å². The third-order valence-electron chi connectivity index (χ3n) is 3.28. The van der Waals surface area contributed by atoms with Crippen molar-refractivity contribution >= 4 is 34.8 Å². The Morgan fingerprint density at radius 1 is 1.23 bits per heavy atom. The van der Waals surface area contributed by atoms with Gasteiger partial charge < -0.3 is 14.6 Å². The molecular weight excluding hydrogens is 323 g/mol. The summed E-state index contributed by atoms with van der Waals surface area (Å²) >= 11 is 12.3. The van der Waals surface area contributed by atoms with Crippen LogP contribution in [-0.4, -0.2) is 19.5 Å². The Morgan fingerprint density at radius 3 is 2.59 bits per heavy atom. The molecule has 0 aliphatic rings. The molecule has 0 spiro atoms. The van der Waals surface area contributed by atoms with Crippen molar-refractivity contribution in [2.75, 3.05) is 18.9 Å². The number of furan rings is 1. The molecule has 1 atom stereocenters. The molecule has 0 aliphatic heterocycles. The van der Waals surface area contributed by atoms with Gasteiger partial charge in [-0.05, 0) is 37.6 Å². The summed E-state index contributed by atoms with van der Waals surface area (Å²) in [5.74, 6) is 1.58. The Balaban J connectivity index is 1.97. The zero-order valence-electron chi connectivity index (χ0n) is 12.8. The summed E-state index contributed by atoms with van der Waals surface area (Å²) < 4.78 is 5.51. The molecule has 22 heavy (non-hydrogen) atoms. The van der Waals surface area contributed by atoms with Gasteiger partial charge in [0.05, 0.1) is 22.8 Å². The summed E-state index contributed by atoms with van der Waals surface area (Å²) in [5.41, 5.74) is 1.34. The molecule has 0 fully saturated rings. The van der Waals surface area contributed by atoms with E-state index < -0.39 is 0 Å². The number of carbonyl (C=O) groups excluding carboxylic acids is 1. The smallest absolute Gasteiger partial charge is 0.279 e. The van der Waals surface area contributed by atoms with Crippen LogP contribution < -0.4 is 10.2 Å². The van der Waals surface area contributed by atoms with Crippen molar-refractivity contribution in [3.8, 4) is 0 Å². The Labute approximate surface area is 140 Å². The Bertz CT molecular complexity index is 683. The van der Waals surface area contributed by atoms with Crippen molar-refractivity contribution in [1.29, 1.82) is 0 Å². The molecule has 4 nitrogen and oxygen atoms in total. The molecule has 118 valence electrons. The quantitative estimate of drug-likeness (QED) is 0.878. The van der Waals surface area contributed by atoms with Crippen molar-refractivity contribution < 1.29 is 14.1 Å². The molecule has 1 aromatic carbocycles. The second-order valence-corrected chi connectivity index (χ2v) is 6.21. The van der Waals surface area contributed by atoms with Crippen molar-refractivity contribution in [2.45, 2.75) is 20.4 Å². The summed E-state index contributed by atoms with van der Waals surface area (Å²) in [4.78, 5) is 13.2. The predicted molar refractivity (Wildman–Crippen MR) is 88.7 cm³/mol. The third-order valence-corrected chi connectivity index (χ3v) is 4.09. The first kappa shape index (κ1) is 16.9. The lowest BCUT2D eigenvalue weighted by molar-refractivity contribution is -0.886. The second kappa shape index (κ2) is 7.18. The van der Waals surface area contributed by atoms with Crippen LogP contribution in [-0.2, 0) is 11.3 Å². The number of likely N-dealkylation sites (N-methyl/N-ethyl adjacent to an activating group) is 1. The van der Waals surface area contributed by atoms with E-state index in [2.05, 4.69) is 5.32 Å². The zero-order chi connectivity index (χ0) is 16.3. The van der Waals surface area contributed by atoms with Gasteiger partial charge >= 0.3 is 0 Å². The Morgan fingerprint density at radius 2 is 1.95 bits per heavy atom. The number of hydrogen-bond acceptors (Lipinski definition) is 2. The SMILES string of the molecule is Cc1ccc(C[NH+](C)CC(=O)Nc2c(Cl)ccc(C)c2Cl)o1. The van der Waals surface area contributed by atoms with E-state index in [1.807, 2.05) is 39.1 Å². The van der Waals surface area contributed by atoms with Gasteiger partial charge in [0.1, 0.15) is 12.3 Å². The van der Waals surface area contributed by atoms with Crippen LogP contribution in [0.4, 0.5) is 5.69 Å². The van der Waals surface area contributed by atoms with E-state index in [1.54, 1.807) is 6.07 Å². The maximum absolute atomic E-state index is 12.2.